The maximum atomic E-state index is 14.5. The molecular weight excluding hydrogens is 856 g/mol. The number of phenolic OH excluding ortho intramolecular Hbond substituents is 1. The van der Waals surface area contributed by atoms with E-state index in [0.717, 1.165) is 47.7 Å². The fourth-order valence-corrected chi connectivity index (χ4v) is 9.22. The summed E-state index contributed by atoms with van der Waals surface area (Å²) in [4.78, 5) is 87.8. The predicted octanol–water partition coefficient (Wildman–Crippen LogP) is 4.22. The van der Waals surface area contributed by atoms with Crippen LogP contribution in [0.3, 0.4) is 0 Å². The van der Waals surface area contributed by atoms with Crippen molar-refractivity contribution in [2.24, 2.45) is 5.92 Å². The van der Waals surface area contributed by atoms with Crippen LogP contribution in [0.4, 0.5) is 21.0 Å². The van der Waals surface area contributed by atoms with Crippen molar-refractivity contribution in [2.45, 2.75) is 44.3 Å². The molecule has 5 aliphatic rings. The van der Waals surface area contributed by atoms with E-state index in [2.05, 4.69) is 25.8 Å². The van der Waals surface area contributed by atoms with Crippen molar-refractivity contribution in [3.05, 3.63) is 112 Å². The van der Waals surface area contributed by atoms with E-state index in [-0.39, 0.29) is 59.1 Å². The van der Waals surface area contributed by atoms with Gasteiger partial charge in [0.1, 0.15) is 23.7 Å². The third-order valence-electron chi connectivity index (χ3n) is 12.0. The molecular formula is C46H43FN10O7S. The lowest BCUT2D eigenvalue weighted by Crippen LogP contribution is -2.54. The van der Waals surface area contributed by atoms with Crippen LogP contribution < -0.4 is 20.4 Å². The van der Waals surface area contributed by atoms with Gasteiger partial charge in [0, 0.05) is 98.0 Å². The number of rotatable bonds is 10. The third-order valence-corrected chi connectivity index (χ3v) is 12.7. The standard InChI is InChI=1S/C46H43FN10O7S/c47-29-3-8-37(58)34(22-29)40(42(61)50-46-48-13-20-65-46)56-25-28-2-1-27(21-32(28)43(56)62)35-6-9-38(52-51-35)55-14-11-26(12-15-55)24-53-16-18-54(19-17-53)30-4-5-31-33(23-30)45(64)57(44(31)63)36-7-10-39(59)49-41(36)60/h1-6,8-9,13,20-23,26,36,40,58H,7,10-12,14-19,24-25H2,(H,48,50,61)(H,49,59,60)/i16D2,17D2,18D2,19D2. The highest BCUT2D eigenvalue weighted by atomic mass is 32.1. The molecule has 3 aromatic carbocycles. The van der Waals surface area contributed by atoms with Crippen molar-refractivity contribution in [3.63, 3.8) is 0 Å². The number of anilines is 3. The van der Waals surface area contributed by atoms with Crippen LogP contribution in [0.1, 0.15) is 84.9 Å². The van der Waals surface area contributed by atoms with E-state index >= 15 is 0 Å². The van der Waals surface area contributed by atoms with Crippen molar-refractivity contribution < 1.29 is 49.2 Å². The average molecular weight is 907 g/mol. The highest BCUT2D eigenvalue weighted by molar-refractivity contribution is 7.13. The minimum Gasteiger partial charge on any atom is -0.508 e. The first-order chi connectivity index (χ1) is 34.5. The van der Waals surface area contributed by atoms with Gasteiger partial charge in [0.15, 0.2) is 10.9 Å². The van der Waals surface area contributed by atoms with Crippen molar-refractivity contribution in [3.8, 4) is 17.0 Å². The molecule has 0 bridgehead atoms. The number of benzene rings is 3. The van der Waals surface area contributed by atoms with Gasteiger partial charge < -0.3 is 19.8 Å². The molecule has 2 atom stereocenters. The summed E-state index contributed by atoms with van der Waals surface area (Å²) >= 11 is 1.15. The van der Waals surface area contributed by atoms with Crippen LogP contribution in [0.25, 0.3) is 11.3 Å². The van der Waals surface area contributed by atoms with E-state index in [9.17, 15) is 38.3 Å². The molecule has 332 valence electrons. The first-order valence-electron chi connectivity index (χ1n) is 24.7. The quantitative estimate of drug-likeness (QED) is 0.169. The second kappa shape index (κ2) is 17.1. The maximum absolute atomic E-state index is 14.5. The van der Waals surface area contributed by atoms with Gasteiger partial charge in [-0.3, -0.25) is 49.2 Å². The van der Waals surface area contributed by atoms with E-state index in [1.807, 2.05) is 4.90 Å². The van der Waals surface area contributed by atoms with E-state index in [1.54, 1.807) is 35.7 Å². The third kappa shape index (κ3) is 8.05. The molecule has 2 aromatic heterocycles. The number of piperazine rings is 1. The molecule has 5 aromatic rings. The lowest BCUT2D eigenvalue weighted by Gasteiger charge is -2.39. The molecule has 65 heavy (non-hydrogen) atoms. The van der Waals surface area contributed by atoms with Gasteiger partial charge in [-0.2, -0.15) is 0 Å². The number of phenols is 1. The molecule has 2 unspecified atom stereocenters. The van der Waals surface area contributed by atoms with E-state index in [0.29, 0.717) is 63.3 Å². The Labute approximate surface area is 387 Å². The number of piperidine rings is 2. The zero-order chi connectivity index (χ0) is 52.1. The lowest BCUT2D eigenvalue weighted by molar-refractivity contribution is -0.136. The lowest BCUT2D eigenvalue weighted by atomic mass is 9.96. The Kier molecular flexibility index (Phi) is 8.79. The summed E-state index contributed by atoms with van der Waals surface area (Å²) in [5.74, 6) is -5.54. The van der Waals surface area contributed by atoms with E-state index < -0.39 is 90.9 Å². The van der Waals surface area contributed by atoms with Gasteiger partial charge in [0.05, 0.1) is 22.3 Å². The molecule has 0 saturated carbocycles. The largest absolute Gasteiger partial charge is 0.508 e. The van der Waals surface area contributed by atoms with E-state index in [4.69, 9.17) is 11.0 Å². The van der Waals surface area contributed by atoms with Gasteiger partial charge in [-0.25, -0.2) is 9.37 Å². The number of carbonyl (C=O) groups is 6. The smallest absolute Gasteiger partial charge is 0.262 e. The summed E-state index contributed by atoms with van der Waals surface area (Å²) in [6.07, 6.45) is 1.93. The van der Waals surface area contributed by atoms with E-state index in [1.165, 1.54) is 11.1 Å². The zero-order valence-corrected chi connectivity index (χ0v) is 35.0. The van der Waals surface area contributed by atoms with Crippen LogP contribution in [-0.4, -0.2) is 122 Å². The number of nitrogens with one attached hydrogen (secondary N) is 2. The van der Waals surface area contributed by atoms with Crippen LogP contribution in [0.5, 0.6) is 5.75 Å². The number of thiazole rings is 1. The maximum Gasteiger partial charge on any atom is 0.262 e. The highest BCUT2D eigenvalue weighted by Gasteiger charge is 2.45. The second-order valence-electron chi connectivity index (χ2n) is 16.0. The number of hydrogen-bond acceptors (Lipinski definition) is 14. The number of aromatic hydroxyl groups is 1. The van der Waals surface area contributed by atoms with Crippen LogP contribution in [0.2, 0.25) is 0 Å². The number of hydrogen-bond donors (Lipinski definition) is 3. The van der Waals surface area contributed by atoms with Gasteiger partial charge in [-0.1, -0.05) is 12.1 Å². The molecule has 19 heteroatoms. The summed E-state index contributed by atoms with van der Waals surface area (Å²) in [5.41, 5.74) is 0.748. The Morgan fingerprint density at radius 2 is 1.68 bits per heavy atom. The van der Waals surface area contributed by atoms with Crippen molar-refractivity contribution in [1.82, 2.24) is 35.2 Å². The Bertz CT molecular complexity index is 3100. The fourth-order valence-electron chi connectivity index (χ4n) is 8.69. The molecule has 3 saturated heterocycles. The van der Waals surface area contributed by atoms with Crippen molar-refractivity contribution >= 4 is 63.4 Å². The summed E-state index contributed by atoms with van der Waals surface area (Å²) < 4.78 is 87.0. The van der Waals surface area contributed by atoms with Crippen LogP contribution in [-0.2, 0) is 20.9 Å². The fraction of sp³-hybridized carbons (Fsp3) is 0.326. The van der Waals surface area contributed by atoms with Gasteiger partial charge in [0.2, 0.25) is 11.8 Å². The molecule has 5 aliphatic heterocycles. The number of carbonyl (C=O) groups excluding carboxylic acids is 6. The number of amides is 6. The molecule has 17 nitrogen and oxygen atoms in total. The summed E-state index contributed by atoms with van der Waals surface area (Å²) in [6, 6.07) is 12.1. The minimum absolute atomic E-state index is 0.0229. The SMILES string of the molecule is [2H]C1([2H])N(CC2CCN(c3ccc(-c4ccc5c(c4)C(=O)N(C(C(=O)Nc4nccs4)c4cc(F)ccc4O)C5)nn3)CC2)C([2H])([2H])C([2H])([2H])N(c2ccc3c(c2)C(=O)N(C2CCC(=O)NC2=O)C3=O)C1([2H])[2H]. The number of imide groups is 2. The molecule has 0 radical (unpaired) electrons. The normalized spacial score (nSPS) is 24.6. The topological polar surface area (TPSA) is 202 Å². The molecule has 6 amide bonds. The number of nitrogens with zero attached hydrogens (tertiary/aromatic N) is 8. The van der Waals surface area contributed by atoms with Crippen LogP contribution >= 0.6 is 11.3 Å². The Balaban J connectivity index is 0.810. The van der Waals surface area contributed by atoms with Gasteiger partial charge >= 0.3 is 0 Å². The van der Waals surface area contributed by atoms with Crippen molar-refractivity contribution in [1.29, 1.82) is 0 Å². The predicted molar refractivity (Wildman–Crippen MR) is 236 cm³/mol. The minimum atomic E-state index is -3.28. The van der Waals surface area contributed by atoms with Crippen LogP contribution in [0, 0.1) is 11.7 Å². The average Bonchev–Trinajstić information content (AvgIpc) is 4.04. The summed E-state index contributed by atoms with van der Waals surface area (Å²) in [5, 5.41) is 26.2. The molecule has 7 heterocycles. The molecule has 3 N–H and O–H groups in total. The highest BCUT2D eigenvalue weighted by Crippen LogP contribution is 2.38. The van der Waals surface area contributed by atoms with Gasteiger partial charge in [-0.05, 0) is 85.3 Å². The monoisotopic (exact) mass is 906 g/mol. The van der Waals surface area contributed by atoms with Gasteiger partial charge in [0.25, 0.3) is 23.6 Å². The Morgan fingerprint density at radius 3 is 2.42 bits per heavy atom. The summed E-state index contributed by atoms with van der Waals surface area (Å²) in [6.45, 7) is -12.6. The second-order valence-corrected chi connectivity index (χ2v) is 16.9. The number of aromatic nitrogens is 3. The summed E-state index contributed by atoms with van der Waals surface area (Å²) in [7, 11) is 0. The van der Waals surface area contributed by atoms with Crippen LogP contribution in [0.15, 0.2) is 78.3 Å². The molecule has 3 fully saturated rings. The first-order valence-corrected chi connectivity index (χ1v) is 21.5. The van der Waals surface area contributed by atoms with Gasteiger partial charge in [-0.15, -0.1) is 21.5 Å². The first kappa shape index (κ1) is 33.4. The Hall–Kier alpha value is -7.12. The Morgan fingerprint density at radius 1 is 0.877 bits per heavy atom. The molecule has 10 rings (SSSR count). The molecule has 0 spiro atoms. The van der Waals surface area contributed by atoms with Crippen molar-refractivity contribution in [2.75, 3.05) is 60.7 Å². The number of fused-ring (bicyclic) bond motifs is 2. The number of halogens is 1. The zero-order valence-electron chi connectivity index (χ0n) is 42.2. The molecule has 0 aliphatic carbocycles.